The summed E-state index contributed by atoms with van der Waals surface area (Å²) in [6.07, 6.45) is 6.77. The van der Waals surface area contributed by atoms with Crippen LogP contribution in [0.1, 0.15) is 74.3 Å². The number of hydrogen-bond donors (Lipinski definition) is 1. The highest BCUT2D eigenvalue weighted by atomic mass is 16.4. The van der Waals surface area contributed by atoms with Gasteiger partial charge in [-0.1, -0.05) is 13.8 Å². The summed E-state index contributed by atoms with van der Waals surface area (Å²) in [6, 6.07) is 1.55. The van der Waals surface area contributed by atoms with Crippen LogP contribution in [0, 0.1) is 29.1 Å². The number of rotatable bonds is 4. The van der Waals surface area contributed by atoms with Gasteiger partial charge >= 0.3 is 5.97 Å². The van der Waals surface area contributed by atoms with Crippen molar-refractivity contribution < 1.29 is 19.1 Å². The van der Waals surface area contributed by atoms with Gasteiger partial charge in [0.1, 0.15) is 17.1 Å². The van der Waals surface area contributed by atoms with Gasteiger partial charge in [-0.25, -0.2) is 4.79 Å². The molecule has 0 aromatic carbocycles. The van der Waals surface area contributed by atoms with Crippen molar-refractivity contribution in [1.82, 2.24) is 4.90 Å². The van der Waals surface area contributed by atoms with E-state index in [0.717, 1.165) is 19.3 Å². The summed E-state index contributed by atoms with van der Waals surface area (Å²) in [7, 11) is 1.82. The van der Waals surface area contributed by atoms with E-state index < -0.39 is 5.97 Å². The molecule has 0 radical (unpaired) electrons. The summed E-state index contributed by atoms with van der Waals surface area (Å²) in [5.41, 5.74) is 0.524. The van der Waals surface area contributed by atoms with Crippen molar-refractivity contribution in [3.63, 3.8) is 0 Å². The molecule has 4 saturated carbocycles. The van der Waals surface area contributed by atoms with Gasteiger partial charge < -0.3 is 14.4 Å². The third-order valence-corrected chi connectivity index (χ3v) is 7.02. The van der Waals surface area contributed by atoms with Crippen molar-refractivity contribution in [3.8, 4) is 0 Å². The maximum Gasteiger partial charge on any atom is 0.339 e. The molecule has 5 heteroatoms. The molecule has 0 aliphatic heterocycles. The second kappa shape index (κ2) is 5.37. The minimum absolute atomic E-state index is 0.177. The van der Waals surface area contributed by atoms with Gasteiger partial charge in [-0.15, -0.1) is 0 Å². The summed E-state index contributed by atoms with van der Waals surface area (Å²) >= 11 is 0. The molecule has 0 spiro atoms. The van der Waals surface area contributed by atoms with E-state index in [-0.39, 0.29) is 16.9 Å². The molecule has 0 saturated heterocycles. The Bertz CT molecular complexity index is 761. The lowest BCUT2D eigenvalue weighted by atomic mass is 9.40. The number of aromatic carboxylic acids is 1. The topological polar surface area (TPSA) is 70.8 Å². The maximum atomic E-state index is 13.5. The van der Waals surface area contributed by atoms with Crippen molar-refractivity contribution in [1.29, 1.82) is 0 Å². The molecule has 5 rings (SSSR count). The fourth-order valence-corrected chi connectivity index (χ4v) is 7.23. The summed E-state index contributed by atoms with van der Waals surface area (Å²) in [5, 5.41) is 9.19. The van der Waals surface area contributed by atoms with Gasteiger partial charge in [0.25, 0.3) is 0 Å². The molecule has 2 atom stereocenters. The van der Waals surface area contributed by atoms with E-state index in [0.29, 0.717) is 34.8 Å². The number of aryl methyl sites for hydroxylation is 1. The van der Waals surface area contributed by atoms with Gasteiger partial charge in [0, 0.05) is 7.05 Å². The summed E-state index contributed by atoms with van der Waals surface area (Å²) in [6.45, 7) is 6.71. The molecule has 1 aromatic heterocycles. The molecular weight excluding hydrogens is 330 g/mol. The van der Waals surface area contributed by atoms with Crippen molar-refractivity contribution in [2.45, 2.75) is 65.8 Å². The highest BCUT2D eigenvalue weighted by Crippen LogP contribution is 2.69. The Hall–Kier alpha value is -1.78. The molecule has 1 heterocycles. The predicted octanol–water partition coefficient (Wildman–Crippen LogP) is 4.24. The first-order chi connectivity index (χ1) is 12.0. The summed E-state index contributed by atoms with van der Waals surface area (Å²) in [4.78, 5) is 26.4. The van der Waals surface area contributed by atoms with Gasteiger partial charge in [0.2, 0.25) is 5.91 Å². The molecule has 2 unspecified atom stereocenters. The molecule has 4 fully saturated rings. The first-order valence-corrected chi connectivity index (χ1v) is 9.61. The standard InChI is InChI=1S/C21H29NO4/c1-13-16(17(23)24)5-15(26-13)9-22(4)18(25)21-8-14-6-19(2,11-21)10-20(3,7-14)12-21/h5,14H,6-12H2,1-4H3,(H,23,24). The number of carbonyl (C=O) groups is 2. The highest BCUT2D eigenvalue weighted by Gasteiger charge is 2.63. The van der Waals surface area contributed by atoms with Crippen LogP contribution in [0.15, 0.2) is 10.5 Å². The van der Waals surface area contributed by atoms with E-state index in [2.05, 4.69) is 13.8 Å². The first kappa shape index (κ1) is 17.6. The van der Waals surface area contributed by atoms with E-state index in [4.69, 9.17) is 4.42 Å². The van der Waals surface area contributed by atoms with Crippen molar-refractivity contribution >= 4 is 11.9 Å². The largest absolute Gasteiger partial charge is 0.478 e. The summed E-state index contributed by atoms with van der Waals surface area (Å²) < 4.78 is 5.58. The number of furan rings is 1. The maximum absolute atomic E-state index is 13.5. The Morgan fingerprint density at radius 2 is 1.81 bits per heavy atom. The third-order valence-electron chi connectivity index (χ3n) is 7.02. The number of carbonyl (C=O) groups excluding carboxylic acids is 1. The van der Waals surface area contributed by atoms with Crippen LogP contribution in [0.4, 0.5) is 0 Å². The van der Waals surface area contributed by atoms with E-state index in [1.807, 2.05) is 7.05 Å². The third kappa shape index (κ3) is 2.67. The van der Waals surface area contributed by atoms with Crippen LogP contribution in [0.25, 0.3) is 0 Å². The van der Waals surface area contributed by atoms with Gasteiger partial charge in [0.15, 0.2) is 0 Å². The van der Waals surface area contributed by atoms with Gasteiger partial charge in [0.05, 0.1) is 12.0 Å². The lowest BCUT2D eigenvalue weighted by molar-refractivity contribution is -0.179. The van der Waals surface area contributed by atoms with Crippen LogP contribution in [-0.2, 0) is 11.3 Å². The van der Waals surface area contributed by atoms with Crippen LogP contribution in [0.5, 0.6) is 0 Å². The summed E-state index contributed by atoms with van der Waals surface area (Å²) in [5.74, 6) is 0.822. The second-order valence-electron chi connectivity index (χ2n) is 10.1. The fraction of sp³-hybridized carbons (Fsp3) is 0.714. The Balaban J connectivity index is 1.56. The quantitative estimate of drug-likeness (QED) is 0.873. The highest BCUT2D eigenvalue weighted by molar-refractivity contribution is 5.89. The molecule has 1 amide bonds. The molecule has 4 aliphatic rings. The lowest BCUT2D eigenvalue weighted by Gasteiger charge is -2.65. The zero-order valence-corrected chi connectivity index (χ0v) is 16.2. The fourth-order valence-electron chi connectivity index (χ4n) is 7.23. The molecule has 4 aliphatic carbocycles. The number of hydrogen-bond acceptors (Lipinski definition) is 3. The molecule has 4 bridgehead atoms. The molecule has 26 heavy (non-hydrogen) atoms. The minimum atomic E-state index is -0.992. The average molecular weight is 359 g/mol. The van der Waals surface area contributed by atoms with Crippen molar-refractivity contribution in [2.75, 3.05) is 7.05 Å². The molecule has 1 N–H and O–H groups in total. The van der Waals surface area contributed by atoms with Crippen LogP contribution in [0.3, 0.4) is 0 Å². The smallest absolute Gasteiger partial charge is 0.339 e. The van der Waals surface area contributed by atoms with E-state index in [1.165, 1.54) is 19.3 Å². The Kier molecular flexibility index (Phi) is 3.64. The number of amides is 1. The lowest BCUT2D eigenvalue weighted by Crippen LogP contribution is -2.59. The Morgan fingerprint density at radius 1 is 1.19 bits per heavy atom. The Morgan fingerprint density at radius 3 is 2.31 bits per heavy atom. The van der Waals surface area contributed by atoms with Gasteiger partial charge in [-0.05, 0) is 68.3 Å². The number of carboxylic acid groups (broad SMARTS) is 1. The number of nitrogens with zero attached hydrogens (tertiary/aromatic N) is 1. The molecular formula is C21H29NO4. The molecule has 142 valence electrons. The zero-order valence-electron chi connectivity index (χ0n) is 16.2. The average Bonchev–Trinajstić information content (AvgIpc) is 2.83. The molecule has 5 nitrogen and oxygen atoms in total. The van der Waals surface area contributed by atoms with Gasteiger partial charge in [-0.3, -0.25) is 4.79 Å². The van der Waals surface area contributed by atoms with Gasteiger partial charge in [-0.2, -0.15) is 0 Å². The molecule has 1 aromatic rings. The zero-order chi connectivity index (χ0) is 18.9. The van der Waals surface area contributed by atoms with E-state index in [9.17, 15) is 14.7 Å². The number of carboxylic acids is 1. The predicted molar refractivity (Wildman–Crippen MR) is 96.7 cm³/mol. The Labute approximate surface area is 154 Å². The van der Waals surface area contributed by atoms with Crippen LogP contribution < -0.4 is 0 Å². The van der Waals surface area contributed by atoms with Crippen molar-refractivity contribution in [3.05, 3.63) is 23.2 Å². The monoisotopic (exact) mass is 359 g/mol. The minimum Gasteiger partial charge on any atom is -0.478 e. The SMILES string of the molecule is Cc1oc(CN(C)C(=O)C23CC4CC(C)(CC(C)(C4)C2)C3)cc1C(=O)O. The normalized spacial score (nSPS) is 37.8. The van der Waals surface area contributed by atoms with Crippen LogP contribution in [-0.4, -0.2) is 28.9 Å². The van der Waals surface area contributed by atoms with E-state index in [1.54, 1.807) is 17.9 Å². The van der Waals surface area contributed by atoms with E-state index >= 15 is 0 Å². The first-order valence-electron chi connectivity index (χ1n) is 9.61. The second-order valence-corrected chi connectivity index (χ2v) is 10.1. The van der Waals surface area contributed by atoms with Crippen LogP contribution in [0.2, 0.25) is 0 Å². The van der Waals surface area contributed by atoms with Crippen molar-refractivity contribution in [2.24, 2.45) is 22.2 Å². The van der Waals surface area contributed by atoms with Crippen LogP contribution >= 0.6 is 0 Å².